The highest BCUT2D eigenvalue weighted by molar-refractivity contribution is 5.80. The summed E-state index contributed by atoms with van der Waals surface area (Å²) in [5.74, 6) is -0.948. The van der Waals surface area contributed by atoms with Gasteiger partial charge in [-0.2, -0.15) is 0 Å². The maximum atomic E-state index is 12.1. The van der Waals surface area contributed by atoms with E-state index in [0.29, 0.717) is 12.5 Å². The van der Waals surface area contributed by atoms with E-state index in [1.807, 2.05) is 11.9 Å². The third kappa shape index (κ3) is 2.36. The number of rotatable bonds is 3. The normalized spacial score (nSPS) is 29.8. The third-order valence-electron chi connectivity index (χ3n) is 3.81. The first kappa shape index (κ1) is 11.4. The molecule has 90 valence electrons. The molecule has 2 aliphatic rings. The number of nitrogens with zero attached hydrogens (tertiary/aromatic N) is 1. The molecule has 2 saturated carbocycles. The Morgan fingerprint density at radius 2 is 1.75 bits per heavy atom. The van der Waals surface area contributed by atoms with Crippen LogP contribution in [0.4, 0.5) is 0 Å². The summed E-state index contributed by atoms with van der Waals surface area (Å²) < 4.78 is 0. The minimum atomic E-state index is -0.744. The lowest BCUT2D eigenvalue weighted by Gasteiger charge is -2.29. The van der Waals surface area contributed by atoms with Crippen LogP contribution >= 0.6 is 0 Å². The summed E-state index contributed by atoms with van der Waals surface area (Å²) in [5.41, 5.74) is 0. The van der Waals surface area contributed by atoms with Crippen LogP contribution < -0.4 is 0 Å². The molecule has 1 amide bonds. The van der Waals surface area contributed by atoms with Gasteiger partial charge in [0, 0.05) is 19.0 Å². The molecule has 1 N–H and O–H groups in total. The van der Waals surface area contributed by atoms with E-state index in [4.69, 9.17) is 5.11 Å². The molecule has 0 spiro atoms. The van der Waals surface area contributed by atoms with E-state index in [0.717, 1.165) is 32.1 Å². The van der Waals surface area contributed by atoms with Crippen molar-refractivity contribution in [1.82, 2.24) is 4.90 Å². The molecule has 4 heteroatoms. The monoisotopic (exact) mass is 225 g/mol. The lowest BCUT2D eigenvalue weighted by molar-refractivity contribution is -0.145. The second kappa shape index (κ2) is 4.44. The molecular formula is C12H19NO3. The number of carbonyl (C=O) groups excluding carboxylic acids is 1. The lowest BCUT2D eigenvalue weighted by Crippen LogP contribution is -2.37. The smallest absolute Gasteiger partial charge is 0.306 e. The molecule has 2 atom stereocenters. The van der Waals surface area contributed by atoms with E-state index in [2.05, 4.69) is 0 Å². The van der Waals surface area contributed by atoms with E-state index in [1.54, 1.807) is 0 Å². The van der Waals surface area contributed by atoms with Crippen molar-refractivity contribution in [2.45, 2.75) is 44.6 Å². The number of hydrogen-bond donors (Lipinski definition) is 1. The number of aliphatic carboxylic acids is 1. The van der Waals surface area contributed by atoms with Gasteiger partial charge in [0.25, 0.3) is 0 Å². The minimum absolute atomic E-state index is 0.0551. The lowest BCUT2D eigenvalue weighted by atomic mass is 9.81. The van der Waals surface area contributed by atoms with E-state index in [-0.39, 0.29) is 17.7 Å². The van der Waals surface area contributed by atoms with E-state index >= 15 is 0 Å². The van der Waals surface area contributed by atoms with Crippen molar-refractivity contribution in [1.29, 1.82) is 0 Å². The van der Waals surface area contributed by atoms with Crippen molar-refractivity contribution in [2.75, 3.05) is 7.05 Å². The van der Waals surface area contributed by atoms with Crippen LogP contribution in [0.1, 0.15) is 38.5 Å². The van der Waals surface area contributed by atoms with Gasteiger partial charge in [-0.1, -0.05) is 6.42 Å². The van der Waals surface area contributed by atoms with E-state index in [9.17, 15) is 9.59 Å². The Balaban J connectivity index is 1.92. The predicted molar refractivity (Wildman–Crippen MR) is 58.9 cm³/mol. The quantitative estimate of drug-likeness (QED) is 0.791. The van der Waals surface area contributed by atoms with Crippen LogP contribution in [0.25, 0.3) is 0 Å². The Morgan fingerprint density at radius 1 is 1.12 bits per heavy atom. The molecule has 2 fully saturated rings. The molecule has 2 rings (SSSR count). The van der Waals surface area contributed by atoms with Gasteiger partial charge in [0.15, 0.2) is 0 Å². The van der Waals surface area contributed by atoms with Crippen LogP contribution in [-0.4, -0.2) is 35.0 Å². The summed E-state index contributed by atoms with van der Waals surface area (Å²) in [5, 5.41) is 8.97. The molecule has 0 bridgehead atoms. The first-order valence-corrected chi connectivity index (χ1v) is 6.09. The number of amides is 1. The molecule has 16 heavy (non-hydrogen) atoms. The topological polar surface area (TPSA) is 57.6 Å². The molecule has 2 unspecified atom stereocenters. The molecule has 0 aliphatic heterocycles. The van der Waals surface area contributed by atoms with Gasteiger partial charge in [0.1, 0.15) is 0 Å². The van der Waals surface area contributed by atoms with Crippen molar-refractivity contribution < 1.29 is 14.7 Å². The van der Waals surface area contributed by atoms with Crippen LogP contribution in [0.15, 0.2) is 0 Å². The van der Waals surface area contributed by atoms with Gasteiger partial charge >= 0.3 is 5.97 Å². The maximum absolute atomic E-state index is 12.1. The third-order valence-corrected chi connectivity index (χ3v) is 3.81. The van der Waals surface area contributed by atoms with E-state index < -0.39 is 5.97 Å². The van der Waals surface area contributed by atoms with E-state index in [1.165, 1.54) is 0 Å². The average molecular weight is 225 g/mol. The summed E-state index contributed by atoms with van der Waals surface area (Å²) in [4.78, 5) is 24.8. The predicted octanol–water partition coefficient (Wildman–Crippen LogP) is 1.50. The Kier molecular flexibility index (Phi) is 3.17. The number of carboxylic acid groups (broad SMARTS) is 1. The fraction of sp³-hybridized carbons (Fsp3) is 0.833. The number of carbonyl (C=O) groups is 2. The molecule has 0 aromatic rings. The molecule has 0 radical (unpaired) electrons. The highest BCUT2D eigenvalue weighted by Crippen LogP contribution is 2.33. The van der Waals surface area contributed by atoms with Crippen LogP contribution in [0.2, 0.25) is 0 Å². The Morgan fingerprint density at radius 3 is 2.31 bits per heavy atom. The SMILES string of the molecule is CN(C(=O)C1CCCC(C(=O)O)C1)C1CC1. The van der Waals surface area contributed by atoms with Gasteiger partial charge in [-0.25, -0.2) is 0 Å². The summed E-state index contributed by atoms with van der Waals surface area (Å²) in [6, 6.07) is 0.428. The van der Waals surface area contributed by atoms with Gasteiger partial charge in [-0.15, -0.1) is 0 Å². The zero-order valence-electron chi connectivity index (χ0n) is 9.69. The second-order valence-electron chi connectivity index (χ2n) is 5.08. The van der Waals surface area contributed by atoms with Gasteiger partial charge in [0.2, 0.25) is 5.91 Å². The summed E-state index contributed by atoms with van der Waals surface area (Å²) in [6.07, 6.45) is 5.21. The van der Waals surface area contributed by atoms with Crippen molar-refractivity contribution in [3.8, 4) is 0 Å². The molecule has 2 aliphatic carbocycles. The largest absolute Gasteiger partial charge is 0.481 e. The van der Waals surface area contributed by atoms with Crippen molar-refractivity contribution in [2.24, 2.45) is 11.8 Å². The van der Waals surface area contributed by atoms with Crippen molar-refractivity contribution in [3.05, 3.63) is 0 Å². The number of hydrogen-bond acceptors (Lipinski definition) is 2. The van der Waals surface area contributed by atoms with Gasteiger partial charge in [-0.05, 0) is 32.1 Å². The van der Waals surface area contributed by atoms with Crippen molar-refractivity contribution in [3.63, 3.8) is 0 Å². The molecule has 0 saturated heterocycles. The zero-order valence-corrected chi connectivity index (χ0v) is 9.69. The summed E-state index contributed by atoms with van der Waals surface area (Å²) >= 11 is 0. The first-order valence-electron chi connectivity index (χ1n) is 6.09. The highest BCUT2D eigenvalue weighted by Gasteiger charge is 2.36. The van der Waals surface area contributed by atoms with Crippen molar-refractivity contribution >= 4 is 11.9 Å². The highest BCUT2D eigenvalue weighted by atomic mass is 16.4. The summed E-state index contributed by atoms with van der Waals surface area (Å²) in [7, 11) is 1.85. The molecule has 0 aromatic carbocycles. The van der Waals surface area contributed by atoms with Crippen LogP contribution in [0.3, 0.4) is 0 Å². The molecule has 0 aromatic heterocycles. The minimum Gasteiger partial charge on any atom is -0.481 e. The molecule has 4 nitrogen and oxygen atoms in total. The molecule has 0 heterocycles. The fourth-order valence-electron chi connectivity index (χ4n) is 2.57. The Bertz CT molecular complexity index is 299. The van der Waals surface area contributed by atoms with Gasteiger partial charge in [-0.3, -0.25) is 9.59 Å². The van der Waals surface area contributed by atoms with Crippen LogP contribution in [0.5, 0.6) is 0 Å². The van der Waals surface area contributed by atoms with Crippen LogP contribution in [-0.2, 0) is 9.59 Å². The second-order valence-corrected chi connectivity index (χ2v) is 5.08. The average Bonchev–Trinajstić information content (AvgIpc) is 3.11. The first-order chi connectivity index (χ1) is 7.59. The Labute approximate surface area is 95.6 Å². The fourth-order valence-corrected chi connectivity index (χ4v) is 2.57. The zero-order chi connectivity index (χ0) is 11.7. The standard InChI is InChI=1S/C12H19NO3/c1-13(10-5-6-10)11(14)8-3-2-4-9(7-8)12(15)16/h8-10H,2-7H2,1H3,(H,15,16). The Hall–Kier alpha value is -1.06. The van der Waals surface area contributed by atoms with Gasteiger partial charge < -0.3 is 10.0 Å². The van der Waals surface area contributed by atoms with Gasteiger partial charge in [0.05, 0.1) is 5.92 Å². The molecular weight excluding hydrogens is 206 g/mol. The number of carboxylic acids is 1. The van der Waals surface area contributed by atoms with Crippen LogP contribution in [0, 0.1) is 11.8 Å². The maximum Gasteiger partial charge on any atom is 0.306 e. The summed E-state index contributed by atoms with van der Waals surface area (Å²) in [6.45, 7) is 0.